The molecule has 2 atom stereocenters. The quantitative estimate of drug-likeness (QED) is 0.563. The van der Waals surface area contributed by atoms with Gasteiger partial charge in [-0.15, -0.1) is 6.42 Å². The predicted molar refractivity (Wildman–Crippen MR) is 88.7 cm³/mol. The van der Waals surface area contributed by atoms with Crippen LogP contribution in [0.2, 0.25) is 0 Å². The molecule has 0 aliphatic carbocycles. The molecule has 1 amide bonds. The molecule has 0 aromatic carbocycles. The molecule has 2 heterocycles. The Hall–Kier alpha value is -1.81. The number of hydrogen-bond donors (Lipinski definition) is 2. The smallest absolute Gasteiger partial charge is 0.286 e. The van der Waals surface area contributed by atoms with E-state index in [-0.39, 0.29) is 30.7 Å². The molecule has 0 spiro atoms. The minimum absolute atomic E-state index is 0.0735. The lowest BCUT2D eigenvalue weighted by Gasteiger charge is -2.28. The number of rotatable bonds is 8. The molecule has 124 valence electrons. The van der Waals surface area contributed by atoms with Crippen molar-refractivity contribution in [3.05, 3.63) is 34.2 Å². The lowest BCUT2D eigenvalue weighted by molar-refractivity contribution is -0.146. The highest BCUT2D eigenvalue weighted by Crippen LogP contribution is 2.32. The zero-order valence-electron chi connectivity index (χ0n) is 12.9. The van der Waals surface area contributed by atoms with Gasteiger partial charge in [-0.3, -0.25) is 4.79 Å². The Kier molecular flexibility index (Phi) is 7.14. The van der Waals surface area contributed by atoms with E-state index < -0.39 is 6.29 Å². The van der Waals surface area contributed by atoms with Crippen LogP contribution >= 0.6 is 11.3 Å². The molecule has 1 aromatic rings. The Labute approximate surface area is 140 Å². The van der Waals surface area contributed by atoms with Crippen molar-refractivity contribution in [1.82, 2.24) is 5.32 Å². The SMILES string of the molecule is C#CCNC(=O)C1=C[C@@H](c2ccsc2)C[C@@H](OCCCCO)O1. The molecule has 23 heavy (non-hydrogen) atoms. The van der Waals surface area contributed by atoms with Gasteiger partial charge in [-0.1, -0.05) is 5.92 Å². The van der Waals surface area contributed by atoms with Gasteiger partial charge in [0.2, 0.25) is 6.29 Å². The molecule has 0 saturated heterocycles. The first-order valence-electron chi connectivity index (χ1n) is 7.59. The number of terminal acetylenes is 1. The summed E-state index contributed by atoms with van der Waals surface area (Å²) in [5.74, 6) is 2.36. The van der Waals surface area contributed by atoms with E-state index in [9.17, 15) is 4.79 Å². The second-order valence-electron chi connectivity index (χ2n) is 5.17. The van der Waals surface area contributed by atoms with Gasteiger partial charge < -0.3 is 19.9 Å². The summed E-state index contributed by atoms with van der Waals surface area (Å²) < 4.78 is 11.4. The van der Waals surface area contributed by atoms with E-state index >= 15 is 0 Å². The summed E-state index contributed by atoms with van der Waals surface area (Å²) in [6.45, 7) is 0.789. The summed E-state index contributed by atoms with van der Waals surface area (Å²) in [5.41, 5.74) is 1.14. The van der Waals surface area contributed by atoms with Crippen molar-refractivity contribution in [1.29, 1.82) is 0 Å². The summed E-state index contributed by atoms with van der Waals surface area (Å²) >= 11 is 1.62. The number of allylic oxidation sites excluding steroid dienone is 1. The average Bonchev–Trinajstić information content (AvgIpc) is 3.11. The fourth-order valence-corrected chi connectivity index (χ4v) is 3.01. The first-order chi connectivity index (χ1) is 11.2. The zero-order chi connectivity index (χ0) is 16.5. The molecular weight excluding hydrogens is 314 g/mol. The normalized spacial score (nSPS) is 20.3. The van der Waals surface area contributed by atoms with E-state index in [1.54, 1.807) is 11.3 Å². The van der Waals surface area contributed by atoms with Crippen LogP contribution in [0.1, 0.15) is 30.7 Å². The summed E-state index contributed by atoms with van der Waals surface area (Å²) in [6, 6.07) is 2.04. The van der Waals surface area contributed by atoms with E-state index in [0.29, 0.717) is 19.4 Å². The molecule has 5 nitrogen and oxygen atoms in total. The van der Waals surface area contributed by atoms with Gasteiger partial charge in [-0.05, 0) is 41.3 Å². The summed E-state index contributed by atoms with van der Waals surface area (Å²) in [5, 5.41) is 15.5. The highest BCUT2D eigenvalue weighted by Gasteiger charge is 2.28. The van der Waals surface area contributed by atoms with Crippen LogP contribution in [0.4, 0.5) is 0 Å². The van der Waals surface area contributed by atoms with Gasteiger partial charge in [-0.25, -0.2) is 0 Å². The fourth-order valence-electron chi connectivity index (χ4n) is 2.28. The number of carbonyl (C=O) groups is 1. The van der Waals surface area contributed by atoms with Crippen molar-refractivity contribution >= 4 is 17.2 Å². The molecule has 1 aliphatic heterocycles. The number of ether oxygens (including phenoxy) is 2. The van der Waals surface area contributed by atoms with Gasteiger partial charge in [0.05, 0.1) is 13.2 Å². The lowest BCUT2D eigenvalue weighted by Crippen LogP contribution is -2.33. The highest BCUT2D eigenvalue weighted by molar-refractivity contribution is 7.08. The minimum atomic E-state index is -0.477. The Morgan fingerprint density at radius 1 is 1.57 bits per heavy atom. The number of amides is 1. The Morgan fingerprint density at radius 2 is 2.43 bits per heavy atom. The fraction of sp³-hybridized carbons (Fsp3) is 0.471. The van der Waals surface area contributed by atoms with E-state index in [0.717, 1.165) is 12.0 Å². The van der Waals surface area contributed by atoms with E-state index in [1.807, 2.05) is 17.5 Å². The van der Waals surface area contributed by atoms with Crippen molar-refractivity contribution in [2.45, 2.75) is 31.5 Å². The molecule has 1 aliphatic rings. The van der Waals surface area contributed by atoms with Gasteiger partial charge in [-0.2, -0.15) is 11.3 Å². The molecule has 0 bridgehead atoms. The molecule has 0 saturated carbocycles. The molecule has 0 unspecified atom stereocenters. The minimum Gasteiger partial charge on any atom is -0.459 e. The van der Waals surface area contributed by atoms with Crippen molar-refractivity contribution in [2.75, 3.05) is 19.8 Å². The Bertz CT molecular complexity index is 562. The second kappa shape index (κ2) is 9.36. The maximum Gasteiger partial charge on any atom is 0.286 e. The van der Waals surface area contributed by atoms with Crippen LogP contribution in [-0.2, 0) is 14.3 Å². The molecule has 6 heteroatoms. The number of hydrogen-bond acceptors (Lipinski definition) is 5. The van der Waals surface area contributed by atoms with Crippen molar-refractivity contribution in [2.24, 2.45) is 0 Å². The van der Waals surface area contributed by atoms with Crippen LogP contribution in [0.25, 0.3) is 0 Å². The summed E-state index contributed by atoms with van der Waals surface area (Å²) in [7, 11) is 0. The topological polar surface area (TPSA) is 67.8 Å². The van der Waals surface area contributed by atoms with E-state index in [2.05, 4.69) is 16.6 Å². The Morgan fingerprint density at radius 3 is 3.13 bits per heavy atom. The second-order valence-corrected chi connectivity index (χ2v) is 5.95. The molecule has 2 N–H and O–H groups in total. The van der Waals surface area contributed by atoms with Gasteiger partial charge in [0, 0.05) is 18.9 Å². The van der Waals surface area contributed by atoms with Gasteiger partial charge in [0.1, 0.15) is 0 Å². The van der Waals surface area contributed by atoms with Crippen LogP contribution in [0.15, 0.2) is 28.7 Å². The first-order valence-corrected chi connectivity index (χ1v) is 8.53. The van der Waals surface area contributed by atoms with Crippen LogP contribution in [0.3, 0.4) is 0 Å². The number of unbranched alkanes of at least 4 members (excludes halogenated alkanes) is 1. The van der Waals surface area contributed by atoms with E-state index in [4.69, 9.17) is 21.0 Å². The third-order valence-corrected chi connectivity index (χ3v) is 4.16. The summed E-state index contributed by atoms with van der Waals surface area (Å²) in [6.07, 6.45) is 8.60. The number of nitrogens with one attached hydrogen (secondary N) is 1. The predicted octanol–water partition coefficient (Wildman–Crippen LogP) is 2.00. The van der Waals surface area contributed by atoms with Crippen LogP contribution in [-0.4, -0.2) is 37.1 Å². The number of thiophene rings is 1. The van der Waals surface area contributed by atoms with Crippen molar-refractivity contribution in [3.63, 3.8) is 0 Å². The van der Waals surface area contributed by atoms with Crippen LogP contribution < -0.4 is 5.32 Å². The maximum absolute atomic E-state index is 12.1. The average molecular weight is 335 g/mol. The molecule has 0 fully saturated rings. The van der Waals surface area contributed by atoms with Gasteiger partial charge in [0.25, 0.3) is 5.91 Å². The zero-order valence-corrected chi connectivity index (χ0v) is 13.7. The third-order valence-electron chi connectivity index (χ3n) is 3.46. The van der Waals surface area contributed by atoms with E-state index in [1.165, 1.54) is 0 Å². The number of aliphatic hydroxyl groups is 1. The Balaban J connectivity index is 2.03. The molecule has 0 radical (unpaired) electrons. The van der Waals surface area contributed by atoms with Crippen LogP contribution in [0, 0.1) is 12.3 Å². The van der Waals surface area contributed by atoms with Crippen molar-refractivity contribution in [3.8, 4) is 12.3 Å². The number of aliphatic hydroxyl groups excluding tert-OH is 1. The van der Waals surface area contributed by atoms with Gasteiger partial charge in [0.15, 0.2) is 5.76 Å². The maximum atomic E-state index is 12.1. The molecule has 1 aromatic heterocycles. The number of carbonyl (C=O) groups excluding carboxylic acids is 1. The monoisotopic (exact) mass is 335 g/mol. The highest BCUT2D eigenvalue weighted by atomic mass is 32.1. The molecular formula is C17H21NO4S. The lowest BCUT2D eigenvalue weighted by atomic mass is 9.95. The third kappa shape index (κ3) is 5.39. The molecule has 2 rings (SSSR count). The van der Waals surface area contributed by atoms with Gasteiger partial charge >= 0.3 is 0 Å². The standard InChI is InChI=1S/C17H21NO4S/c1-2-6-18-17(20)15-10-14(13-5-9-23-12-13)11-16(22-15)21-8-4-3-7-19/h1,5,9-10,12,14,16,19H,3-4,6-8,11H2,(H,18,20)/t14-,16+/m1/s1. The summed E-state index contributed by atoms with van der Waals surface area (Å²) in [4.78, 5) is 12.1. The largest absolute Gasteiger partial charge is 0.459 e. The van der Waals surface area contributed by atoms with Crippen molar-refractivity contribution < 1.29 is 19.4 Å². The first kappa shape index (κ1) is 17.5. The van der Waals surface area contributed by atoms with Crippen LogP contribution in [0.5, 0.6) is 0 Å².